The molecule has 0 amide bonds. The molecule has 3 saturated carbocycles. The summed E-state index contributed by atoms with van der Waals surface area (Å²) in [6.45, 7) is 2.18. The van der Waals surface area contributed by atoms with Crippen molar-refractivity contribution in [3.8, 4) is 0 Å². The van der Waals surface area contributed by atoms with Gasteiger partial charge in [0.1, 0.15) is 5.78 Å². The molecule has 1 unspecified atom stereocenters. The first-order valence-electron chi connectivity index (χ1n) is 9.01. The smallest absolute Gasteiger partial charge is 0.158 e. The van der Waals surface area contributed by atoms with Crippen LogP contribution in [0.15, 0.2) is 11.6 Å². The Morgan fingerprint density at radius 3 is 2.77 bits per heavy atom. The third-order valence-electron chi connectivity index (χ3n) is 7.40. The van der Waals surface area contributed by atoms with E-state index in [-0.39, 0.29) is 17.1 Å². The number of rotatable bonds is 1. The van der Waals surface area contributed by atoms with Gasteiger partial charge in [0.25, 0.3) is 0 Å². The largest absolute Gasteiger partial charge is 0.392 e. The van der Waals surface area contributed by atoms with Crippen molar-refractivity contribution in [1.29, 1.82) is 0 Å². The molecule has 0 saturated heterocycles. The van der Waals surface area contributed by atoms with Crippen LogP contribution in [-0.4, -0.2) is 22.8 Å². The summed E-state index contributed by atoms with van der Waals surface area (Å²) in [7, 11) is 0. The molecule has 1 N–H and O–H groups in total. The van der Waals surface area contributed by atoms with Crippen molar-refractivity contribution >= 4 is 11.6 Å². The fraction of sp³-hybridized carbons (Fsp3) is 0.789. The molecule has 3 heteroatoms. The van der Waals surface area contributed by atoms with Crippen LogP contribution in [-0.2, 0) is 9.59 Å². The summed E-state index contributed by atoms with van der Waals surface area (Å²) in [6, 6.07) is 0. The van der Waals surface area contributed by atoms with Gasteiger partial charge >= 0.3 is 0 Å². The molecule has 0 aromatic heterocycles. The first-order chi connectivity index (χ1) is 10.6. The topological polar surface area (TPSA) is 54.4 Å². The van der Waals surface area contributed by atoms with Crippen molar-refractivity contribution in [2.45, 2.75) is 64.4 Å². The second-order valence-corrected chi connectivity index (χ2v) is 7.97. The summed E-state index contributed by atoms with van der Waals surface area (Å²) in [4.78, 5) is 24.3. The monoisotopic (exact) mass is 302 g/mol. The van der Waals surface area contributed by atoms with Gasteiger partial charge in [-0.05, 0) is 62.4 Å². The van der Waals surface area contributed by atoms with E-state index in [1.807, 2.05) is 6.08 Å². The average Bonchev–Trinajstić information content (AvgIpc) is 2.84. The average molecular weight is 302 g/mol. The quantitative estimate of drug-likeness (QED) is 0.810. The van der Waals surface area contributed by atoms with E-state index in [9.17, 15) is 14.7 Å². The van der Waals surface area contributed by atoms with Crippen molar-refractivity contribution in [1.82, 2.24) is 0 Å². The van der Waals surface area contributed by atoms with Gasteiger partial charge in [0, 0.05) is 24.2 Å². The highest BCUT2D eigenvalue weighted by molar-refractivity contribution is 5.92. The normalized spacial score (nSPS) is 47.5. The maximum absolute atomic E-state index is 12.5. The highest BCUT2D eigenvalue weighted by atomic mass is 16.3. The summed E-state index contributed by atoms with van der Waals surface area (Å²) in [5.74, 6) is 2.35. The van der Waals surface area contributed by atoms with E-state index in [1.54, 1.807) is 0 Å². The van der Waals surface area contributed by atoms with Gasteiger partial charge in [-0.25, -0.2) is 0 Å². The highest BCUT2D eigenvalue weighted by Crippen LogP contribution is 2.61. The lowest BCUT2D eigenvalue weighted by Gasteiger charge is -2.53. The molecule has 4 aliphatic carbocycles. The second-order valence-electron chi connectivity index (χ2n) is 7.97. The molecule has 0 bridgehead atoms. The Bertz CT molecular complexity index is 549. The van der Waals surface area contributed by atoms with Crippen LogP contribution in [0, 0.1) is 29.1 Å². The van der Waals surface area contributed by atoms with E-state index in [0.29, 0.717) is 30.0 Å². The van der Waals surface area contributed by atoms with Crippen LogP contribution in [0.4, 0.5) is 0 Å². The molecular weight excluding hydrogens is 276 g/mol. The van der Waals surface area contributed by atoms with Crippen LogP contribution in [0.1, 0.15) is 58.3 Å². The molecule has 0 aromatic rings. The van der Waals surface area contributed by atoms with E-state index in [2.05, 4.69) is 6.92 Å². The van der Waals surface area contributed by atoms with Crippen molar-refractivity contribution in [3.63, 3.8) is 0 Å². The standard InChI is InChI=1S/C19H26O3/c1-2-19-8-7-14-13(15(19)5-6-17(19)22)4-3-11-9-12(20)10-16(21)18(11)14/h9,13-16,18,21H,2-8,10H2,1H3/t13-,14+,15+,16?,18+,19+/m1/s1. The Morgan fingerprint density at radius 1 is 1.18 bits per heavy atom. The van der Waals surface area contributed by atoms with Crippen molar-refractivity contribution in [2.24, 2.45) is 29.1 Å². The van der Waals surface area contributed by atoms with Gasteiger partial charge in [0.15, 0.2) is 5.78 Å². The summed E-state index contributed by atoms with van der Waals surface area (Å²) in [5.41, 5.74) is 1.14. The van der Waals surface area contributed by atoms with Crippen LogP contribution in [0.2, 0.25) is 0 Å². The van der Waals surface area contributed by atoms with E-state index in [4.69, 9.17) is 0 Å². The van der Waals surface area contributed by atoms with Gasteiger partial charge in [0.05, 0.1) is 6.10 Å². The Kier molecular flexibility index (Phi) is 3.34. The lowest BCUT2D eigenvalue weighted by molar-refractivity contribution is -0.134. The molecular formula is C19H26O3. The van der Waals surface area contributed by atoms with Crippen LogP contribution in [0.3, 0.4) is 0 Å². The zero-order valence-electron chi connectivity index (χ0n) is 13.4. The number of fused-ring (bicyclic) bond motifs is 5. The Balaban J connectivity index is 1.68. The van der Waals surface area contributed by atoms with Gasteiger partial charge < -0.3 is 5.11 Å². The fourth-order valence-corrected chi connectivity index (χ4v) is 6.48. The van der Waals surface area contributed by atoms with Crippen LogP contribution in [0.25, 0.3) is 0 Å². The molecule has 6 atom stereocenters. The first-order valence-corrected chi connectivity index (χ1v) is 9.01. The van der Waals surface area contributed by atoms with E-state index in [0.717, 1.165) is 44.9 Å². The molecule has 0 heterocycles. The first kappa shape index (κ1) is 14.6. The number of carbonyl (C=O) groups excluding carboxylic acids is 2. The van der Waals surface area contributed by atoms with E-state index >= 15 is 0 Å². The SMILES string of the molecule is CC[C@]12CC[C@H]3[C@@H](CCC4=CC(=O)CC(O)[C@@H]43)[C@@H]1CCC2=O. The van der Waals surface area contributed by atoms with Crippen LogP contribution < -0.4 is 0 Å². The molecule has 0 spiro atoms. The number of Topliss-reactive ketones (excluding diaryl/α,β-unsaturated/α-hetero) is 1. The lowest BCUT2D eigenvalue weighted by Crippen LogP contribution is -2.50. The zero-order valence-corrected chi connectivity index (χ0v) is 13.4. The van der Waals surface area contributed by atoms with Crippen molar-refractivity contribution < 1.29 is 14.7 Å². The van der Waals surface area contributed by atoms with E-state index in [1.165, 1.54) is 5.57 Å². The fourth-order valence-electron chi connectivity index (χ4n) is 6.48. The number of hydrogen-bond acceptors (Lipinski definition) is 3. The molecule has 0 radical (unpaired) electrons. The third-order valence-corrected chi connectivity index (χ3v) is 7.40. The lowest BCUT2D eigenvalue weighted by atomic mass is 9.51. The van der Waals surface area contributed by atoms with E-state index < -0.39 is 6.10 Å². The summed E-state index contributed by atoms with van der Waals surface area (Å²) in [5, 5.41) is 10.5. The summed E-state index contributed by atoms with van der Waals surface area (Å²) in [6.07, 6.45) is 8.50. The minimum atomic E-state index is -0.494. The Morgan fingerprint density at radius 2 is 2.00 bits per heavy atom. The highest BCUT2D eigenvalue weighted by Gasteiger charge is 2.58. The van der Waals surface area contributed by atoms with Crippen molar-refractivity contribution in [2.75, 3.05) is 0 Å². The Labute approximate surface area is 132 Å². The molecule has 0 aromatic carbocycles. The molecule has 22 heavy (non-hydrogen) atoms. The molecule has 4 rings (SSSR count). The van der Waals surface area contributed by atoms with Gasteiger partial charge in [0.2, 0.25) is 0 Å². The number of ketones is 2. The van der Waals surface area contributed by atoms with Gasteiger partial charge in [-0.2, -0.15) is 0 Å². The molecule has 120 valence electrons. The number of carbonyl (C=O) groups is 2. The molecule has 3 nitrogen and oxygen atoms in total. The minimum Gasteiger partial charge on any atom is -0.392 e. The van der Waals surface area contributed by atoms with Gasteiger partial charge in [-0.3, -0.25) is 9.59 Å². The number of aliphatic hydroxyl groups is 1. The Hall–Kier alpha value is -0.960. The van der Waals surface area contributed by atoms with Gasteiger partial charge in [-0.1, -0.05) is 12.5 Å². The van der Waals surface area contributed by atoms with Crippen LogP contribution >= 0.6 is 0 Å². The number of hydrogen-bond donors (Lipinski definition) is 1. The third kappa shape index (κ3) is 1.84. The molecule has 4 aliphatic rings. The maximum Gasteiger partial charge on any atom is 0.158 e. The number of aliphatic hydroxyl groups excluding tert-OH is 1. The maximum atomic E-state index is 12.5. The van der Waals surface area contributed by atoms with Crippen LogP contribution in [0.5, 0.6) is 0 Å². The molecule has 3 fully saturated rings. The zero-order chi connectivity index (χ0) is 15.5. The van der Waals surface area contributed by atoms with Crippen molar-refractivity contribution in [3.05, 3.63) is 11.6 Å². The summed E-state index contributed by atoms with van der Waals surface area (Å²) < 4.78 is 0. The second kappa shape index (κ2) is 5.02. The predicted molar refractivity (Wildman–Crippen MR) is 83.1 cm³/mol. The van der Waals surface area contributed by atoms with Gasteiger partial charge in [-0.15, -0.1) is 0 Å². The molecule has 0 aliphatic heterocycles. The predicted octanol–water partition coefficient (Wildman–Crippen LogP) is 3.06. The summed E-state index contributed by atoms with van der Waals surface area (Å²) >= 11 is 0. The minimum absolute atomic E-state index is 0.0577.